The SMILES string of the molecule is C[C@@H](CO)N[C@H]1CCSC1. The van der Waals surface area contributed by atoms with Gasteiger partial charge in [0.25, 0.3) is 0 Å². The van der Waals surface area contributed by atoms with Gasteiger partial charge in [0.15, 0.2) is 0 Å². The number of hydrogen-bond acceptors (Lipinski definition) is 3. The van der Waals surface area contributed by atoms with E-state index in [0.717, 1.165) is 0 Å². The van der Waals surface area contributed by atoms with Crippen LogP contribution in [0.4, 0.5) is 0 Å². The Hall–Kier alpha value is 0.270. The van der Waals surface area contributed by atoms with E-state index in [4.69, 9.17) is 5.11 Å². The van der Waals surface area contributed by atoms with Crippen LogP contribution in [0.2, 0.25) is 0 Å². The average molecular weight is 161 g/mol. The van der Waals surface area contributed by atoms with Gasteiger partial charge in [0.2, 0.25) is 0 Å². The van der Waals surface area contributed by atoms with Crippen molar-refractivity contribution in [1.29, 1.82) is 0 Å². The zero-order valence-electron chi connectivity index (χ0n) is 6.34. The molecule has 60 valence electrons. The van der Waals surface area contributed by atoms with E-state index >= 15 is 0 Å². The molecule has 2 nitrogen and oxygen atoms in total. The van der Waals surface area contributed by atoms with Gasteiger partial charge in [-0.05, 0) is 19.1 Å². The van der Waals surface area contributed by atoms with Crippen molar-refractivity contribution >= 4 is 11.8 Å². The molecule has 0 aliphatic carbocycles. The molecule has 1 aliphatic rings. The molecule has 0 unspecified atom stereocenters. The predicted molar refractivity (Wildman–Crippen MR) is 45.4 cm³/mol. The molecule has 0 radical (unpaired) electrons. The molecule has 1 fully saturated rings. The third kappa shape index (κ3) is 2.48. The number of nitrogens with one attached hydrogen (secondary N) is 1. The highest BCUT2D eigenvalue weighted by atomic mass is 32.2. The largest absolute Gasteiger partial charge is 0.395 e. The van der Waals surface area contributed by atoms with Crippen molar-refractivity contribution in [3.05, 3.63) is 0 Å². The highest BCUT2D eigenvalue weighted by Gasteiger charge is 2.16. The van der Waals surface area contributed by atoms with Gasteiger partial charge in [-0.15, -0.1) is 0 Å². The van der Waals surface area contributed by atoms with Crippen LogP contribution in [0.5, 0.6) is 0 Å². The fourth-order valence-electron chi connectivity index (χ4n) is 1.12. The van der Waals surface area contributed by atoms with Crippen molar-refractivity contribution in [3.63, 3.8) is 0 Å². The van der Waals surface area contributed by atoms with Crippen LogP contribution in [0.1, 0.15) is 13.3 Å². The second-order valence-corrected chi connectivity index (χ2v) is 3.96. The highest BCUT2D eigenvalue weighted by molar-refractivity contribution is 7.99. The smallest absolute Gasteiger partial charge is 0.0582 e. The van der Waals surface area contributed by atoms with Crippen LogP contribution in [0, 0.1) is 0 Å². The van der Waals surface area contributed by atoms with Crippen molar-refractivity contribution in [2.24, 2.45) is 0 Å². The van der Waals surface area contributed by atoms with Crippen LogP contribution in [0.25, 0.3) is 0 Å². The minimum Gasteiger partial charge on any atom is -0.395 e. The molecule has 2 N–H and O–H groups in total. The summed E-state index contributed by atoms with van der Waals surface area (Å²) < 4.78 is 0. The molecule has 0 spiro atoms. The number of hydrogen-bond donors (Lipinski definition) is 2. The lowest BCUT2D eigenvalue weighted by Gasteiger charge is -2.15. The van der Waals surface area contributed by atoms with Gasteiger partial charge in [0.05, 0.1) is 6.61 Å². The maximum atomic E-state index is 8.73. The summed E-state index contributed by atoms with van der Waals surface area (Å²) in [5, 5.41) is 12.1. The topological polar surface area (TPSA) is 32.3 Å². The molecule has 0 saturated carbocycles. The Morgan fingerprint density at radius 2 is 2.60 bits per heavy atom. The van der Waals surface area contributed by atoms with Crippen LogP contribution in [-0.2, 0) is 0 Å². The van der Waals surface area contributed by atoms with Crippen molar-refractivity contribution in [2.75, 3.05) is 18.1 Å². The molecular formula is C7H15NOS. The van der Waals surface area contributed by atoms with Crippen molar-refractivity contribution in [1.82, 2.24) is 5.32 Å². The van der Waals surface area contributed by atoms with Crippen molar-refractivity contribution in [3.8, 4) is 0 Å². The van der Waals surface area contributed by atoms with Gasteiger partial charge < -0.3 is 10.4 Å². The van der Waals surface area contributed by atoms with E-state index in [1.807, 2.05) is 18.7 Å². The fourth-order valence-corrected chi connectivity index (χ4v) is 2.29. The molecule has 1 heterocycles. The predicted octanol–water partition coefficient (Wildman–Crippen LogP) is 0.462. The second-order valence-electron chi connectivity index (χ2n) is 2.81. The maximum absolute atomic E-state index is 8.73. The monoisotopic (exact) mass is 161 g/mol. The Morgan fingerprint density at radius 1 is 1.80 bits per heavy atom. The van der Waals surface area contributed by atoms with Gasteiger partial charge in [-0.3, -0.25) is 0 Å². The first kappa shape index (κ1) is 8.37. The third-order valence-corrected chi connectivity index (χ3v) is 2.89. The molecular weight excluding hydrogens is 146 g/mol. The number of rotatable bonds is 3. The Balaban J connectivity index is 2.11. The lowest BCUT2D eigenvalue weighted by atomic mass is 10.2. The van der Waals surface area contributed by atoms with Gasteiger partial charge in [-0.25, -0.2) is 0 Å². The highest BCUT2D eigenvalue weighted by Crippen LogP contribution is 2.17. The zero-order valence-corrected chi connectivity index (χ0v) is 7.16. The van der Waals surface area contributed by atoms with Gasteiger partial charge in [0, 0.05) is 17.8 Å². The summed E-state index contributed by atoms with van der Waals surface area (Å²) in [6, 6.07) is 0.913. The van der Waals surface area contributed by atoms with Gasteiger partial charge in [-0.2, -0.15) is 11.8 Å². The van der Waals surface area contributed by atoms with E-state index in [2.05, 4.69) is 5.32 Å². The normalized spacial score (nSPS) is 28.8. The van der Waals surface area contributed by atoms with Crippen LogP contribution < -0.4 is 5.32 Å². The first-order chi connectivity index (χ1) is 4.83. The summed E-state index contributed by atoms with van der Waals surface area (Å²) in [6.45, 7) is 2.27. The lowest BCUT2D eigenvalue weighted by Crippen LogP contribution is -2.38. The Bertz CT molecular complexity index is 93.6. The van der Waals surface area contributed by atoms with E-state index in [0.29, 0.717) is 6.04 Å². The quantitative estimate of drug-likeness (QED) is 0.631. The zero-order chi connectivity index (χ0) is 7.40. The summed E-state index contributed by atoms with van der Waals surface area (Å²) in [5.41, 5.74) is 0. The van der Waals surface area contributed by atoms with E-state index < -0.39 is 0 Å². The molecule has 0 bridgehead atoms. The summed E-state index contributed by atoms with van der Waals surface area (Å²) >= 11 is 1.99. The summed E-state index contributed by atoms with van der Waals surface area (Å²) in [6.07, 6.45) is 1.26. The summed E-state index contributed by atoms with van der Waals surface area (Å²) in [4.78, 5) is 0. The Labute approximate surface area is 66.4 Å². The van der Waals surface area contributed by atoms with Gasteiger partial charge in [0.1, 0.15) is 0 Å². The maximum Gasteiger partial charge on any atom is 0.0582 e. The lowest BCUT2D eigenvalue weighted by molar-refractivity contribution is 0.243. The standard InChI is InChI=1S/C7H15NOS/c1-6(4-9)8-7-2-3-10-5-7/h6-9H,2-5H2,1H3/t6-,7-/m0/s1. The molecule has 0 aromatic rings. The first-order valence-electron chi connectivity index (χ1n) is 3.77. The number of thioether (sulfide) groups is 1. The van der Waals surface area contributed by atoms with E-state index in [1.165, 1.54) is 17.9 Å². The Morgan fingerprint density at radius 3 is 3.10 bits per heavy atom. The second kappa shape index (κ2) is 4.21. The van der Waals surface area contributed by atoms with Crippen LogP contribution >= 0.6 is 11.8 Å². The van der Waals surface area contributed by atoms with E-state index in [9.17, 15) is 0 Å². The molecule has 0 aromatic carbocycles. The minimum absolute atomic E-state index is 0.251. The molecule has 1 rings (SSSR count). The van der Waals surface area contributed by atoms with Gasteiger partial charge in [-0.1, -0.05) is 0 Å². The van der Waals surface area contributed by atoms with Crippen molar-refractivity contribution < 1.29 is 5.11 Å². The number of aliphatic hydroxyl groups is 1. The van der Waals surface area contributed by atoms with Crippen LogP contribution in [-0.4, -0.2) is 35.3 Å². The van der Waals surface area contributed by atoms with E-state index in [1.54, 1.807) is 0 Å². The molecule has 3 heteroatoms. The minimum atomic E-state index is 0.251. The summed E-state index contributed by atoms with van der Waals surface area (Å²) in [5.74, 6) is 2.49. The molecule has 0 amide bonds. The van der Waals surface area contributed by atoms with Crippen LogP contribution in [0.3, 0.4) is 0 Å². The third-order valence-electron chi connectivity index (χ3n) is 1.72. The average Bonchev–Trinajstić information content (AvgIpc) is 2.40. The Kier molecular flexibility index (Phi) is 3.52. The molecule has 2 atom stereocenters. The fraction of sp³-hybridized carbons (Fsp3) is 1.00. The number of aliphatic hydroxyl groups excluding tert-OH is 1. The molecule has 1 aliphatic heterocycles. The van der Waals surface area contributed by atoms with Crippen molar-refractivity contribution in [2.45, 2.75) is 25.4 Å². The first-order valence-corrected chi connectivity index (χ1v) is 4.93. The molecule has 10 heavy (non-hydrogen) atoms. The molecule has 1 saturated heterocycles. The van der Waals surface area contributed by atoms with Gasteiger partial charge >= 0.3 is 0 Å². The van der Waals surface area contributed by atoms with E-state index in [-0.39, 0.29) is 12.6 Å². The molecule has 0 aromatic heterocycles. The summed E-state index contributed by atoms with van der Waals surface area (Å²) in [7, 11) is 0. The van der Waals surface area contributed by atoms with Crippen LogP contribution in [0.15, 0.2) is 0 Å².